The number of carbonyl (C=O) groups is 1. The van der Waals surface area contributed by atoms with Gasteiger partial charge in [0.1, 0.15) is 5.75 Å². The second-order valence-electron chi connectivity index (χ2n) is 4.94. The number of rotatable bonds is 4. The molecule has 5 nitrogen and oxygen atoms in total. The van der Waals surface area contributed by atoms with E-state index in [2.05, 4.69) is 10.6 Å². The van der Waals surface area contributed by atoms with Crippen molar-refractivity contribution >= 4 is 11.7 Å². The van der Waals surface area contributed by atoms with Gasteiger partial charge in [0.2, 0.25) is 0 Å². The fourth-order valence-corrected chi connectivity index (χ4v) is 2.54. The molecule has 20 heavy (non-hydrogen) atoms. The molecule has 2 rings (SSSR count). The number of piperidine rings is 1. The number of nitrogens with zero attached hydrogens (tertiary/aromatic N) is 1. The van der Waals surface area contributed by atoms with Crippen molar-refractivity contribution in [3.63, 3.8) is 0 Å². The van der Waals surface area contributed by atoms with Gasteiger partial charge in [-0.25, -0.2) is 4.79 Å². The lowest BCUT2D eigenvalue weighted by atomic mass is 10.1. The van der Waals surface area contributed by atoms with Crippen molar-refractivity contribution in [3.05, 3.63) is 24.3 Å². The third-order valence-corrected chi connectivity index (χ3v) is 3.65. The Kier molecular flexibility index (Phi) is 5.24. The number of urea groups is 1. The van der Waals surface area contributed by atoms with Crippen molar-refractivity contribution in [1.29, 1.82) is 0 Å². The number of amides is 2. The summed E-state index contributed by atoms with van der Waals surface area (Å²) in [5.41, 5.74) is 0.790. The first-order valence-corrected chi connectivity index (χ1v) is 7.17. The van der Waals surface area contributed by atoms with Crippen LogP contribution in [-0.2, 0) is 0 Å². The van der Waals surface area contributed by atoms with Gasteiger partial charge in [-0.2, -0.15) is 0 Å². The fraction of sp³-hybridized carbons (Fsp3) is 0.533. The van der Waals surface area contributed by atoms with E-state index >= 15 is 0 Å². The normalized spacial score (nSPS) is 18.4. The molecule has 1 heterocycles. The highest BCUT2D eigenvalue weighted by Crippen LogP contribution is 2.17. The van der Waals surface area contributed by atoms with Crippen molar-refractivity contribution in [2.24, 2.45) is 0 Å². The molecule has 0 bridgehead atoms. The van der Waals surface area contributed by atoms with E-state index in [0.717, 1.165) is 37.4 Å². The Hall–Kier alpha value is -1.75. The van der Waals surface area contributed by atoms with Gasteiger partial charge < -0.3 is 20.3 Å². The molecule has 1 aromatic carbocycles. The van der Waals surface area contributed by atoms with E-state index in [9.17, 15) is 4.79 Å². The summed E-state index contributed by atoms with van der Waals surface area (Å²) in [4.78, 5) is 14.3. The van der Waals surface area contributed by atoms with E-state index in [1.54, 1.807) is 7.11 Å². The third kappa shape index (κ3) is 3.63. The molecule has 2 amide bonds. The molecular formula is C15H23N3O2. The maximum absolute atomic E-state index is 12.4. The summed E-state index contributed by atoms with van der Waals surface area (Å²) in [5, 5.41) is 6.29. The van der Waals surface area contributed by atoms with Crippen molar-refractivity contribution in [2.75, 3.05) is 32.1 Å². The number of anilines is 1. The van der Waals surface area contributed by atoms with E-state index in [1.165, 1.54) is 0 Å². The minimum Gasteiger partial charge on any atom is -0.497 e. The number of ether oxygens (including phenoxy) is 1. The zero-order valence-electron chi connectivity index (χ0n) is 12.2. The predicted octanol–water partition coefficient (Wildman–Crippen LogP) is 2.30. The molecule has 1 unspecified atom stereocenters. The number of likely N-dealkylation sites (N-methyl/N-ethyl adjacent to an activating group) is 1. The van der Waals surface area contributed by atoms with Crippen LogP contribution in [-0.4, -0.2) is 43.7 Å². The van der Waals surface area contributed by atoms with Crippen molar-refractivity contribution in [1.82, 2.24) is 10.2 Å². The summed E-state index contributed by atoms with van der Waals surface area (Å²) in [5.74, 6) is 0.784. The Bertz CT molecular complexity index is 427. The Labute approximate surface area is 120 Å². The number of nitrogens with one attached hydrogen (secondary N) is 2. The molecule has 1 saturated heterocycles. The summed E-state index contributed by atoms with van der Waals surface area (Å²) >= 11 is 0. The molecule has 2 N–H and O–H groups in total. The highest BCUT2D eigenvalue weighted by molar-refractivity contribution is 5.89. The Morgan fingerprint density at radius 2 is 2.20 bits per heavy atom. The van der Waals surface area contributed by atoms with Gasteiger partial charge >= 0.3 is 6.03 Å². The lowest BCUT2D eigenvalue weighted by Gasteiger charge is -2.33. The monoisotopic (exact) mass is 277 g/mol. The highest BCUT2D eigenvalue weighted by atomic mass is 16.5. The topological polar surface area (TPSA) is 53.6 Å². The SMILES string of the molecule is CCN(C(=O)Nc1ccc(OC)cc1)C1CCCNC1. The molecule has 0 aromatic heterocycles. The van der Waals surface area contributed by atoms with Gasteiger partial charge in [0.05, 0.1) is 7.11 Å². The maximum atomic E-state index is 12.4. The second-order valence-corrected chi connectivity index (χ2v) is 4.94. The van der Waals surface area contributed by atoms with Crippen LogP contribution in [0.2, 0.25) is 0 Å². The van der Waals surface area contributed by atoms with Crippen LogP contribution in [0.3, 0.4) is 0 Å². The van der Waals surface area contributed by atoms with Crippen molar-refractivity contribution in [2.45, 2.75) is 25.8 Å². The Morgan fingerprint density at radius 3 is 2.75 bits per heavy atom. The molecular weight excluding hydrogens is 254 g/mol. The number of hydrogen-bond donors (Lipinski definition) is 2. The average Bonchev–Trinajstić information content (AvgIpc) is 2.50. The van der Waals surface area contributed by atoms with E-state index in [4.69, 9.17) is 4.74 Å². The Balaban J connectivity index is 1.97. The Morgan fingerprint density at radius 1 is 1.45 bits per heavy atom. The summed E-state index contributed by atoms with van der Waals surface area (Å²) < 4.78 is 5.11. The molecule has 5 heteroatoms. The van der Waals surface area contributed by atoms with Gasteiger partial charge in [-0.3, -0.25) is 0 Å². The molecule has 1 aliphatic rings. The van der Waals surface area contributed by atoms with E-state index in [-0.39, 0.29) is 12.1 Å². The molecule has 0 aliphatic carbocycles. The molecule has 1 fully saturated rings. The van der Waals surface area contributed by atoms with Crippen LogP contribution < -0.4 is 15.4 Å². The smallest absolute Gasteiger partial charge is 0.322 e. The van der Waals surface area contributed by atoms with Crippen LogP contribution in [0.25, 0.3) is 0 Å². The van der Waals surface area contributed by atoms with Crippen molar-refractivity contribution in [3.8, 4) is 5.75 Å². The van der Waals surface area contributed by atoms with Gasteiger partial charge in [0.15, 0.2) is 0 Å². The van der Waals surface area contributed by atoms with Crippen molar-refractivity contribution < 1.29 is 9.53 Å². The summed E-state index contributed by atoms with van der Waals surface area (Å²) in [6.45, 7) is 4.66. The number of benzene rings is 1. The highest BCUT2D eigenvalue weighted by Gasteiger charge is 2.23. The second kappa shape index (κ2) is 7.14. The first-order chi connectivity index (χ1) is 9.74. The molecule has 110 valence electrons. The summed E-state index contributed by atoms with van der Waals surface area (Å²) in [6, 6.07) is 7.63. The van der Waals surface area contributed by atoms with E-state index < -0.39 is 0 Å². The minimum absolute atomic E-state index is 0.0358. The van der Waals surface area contributed by atoms with Crippen LogP contribution in [0.4, 0.5) is 10.5 Å². The fourth-order valence-electron chi connectivity index (χ4n) is 2.54. The summed E-state index contributed by atoms with van der Waals surface area (Å²) in [6.07, 6.45) is 2.19. The zero-order chi connectivity index (χ0) is 14.4. The predicted molar refractivity (Wildman–Crippen MR) is 80.3 cm³/mol. The molecule has 0 spiro atoms. The van der Waals surface area contributed by atoms with E-state index in [0.29, 0.717) is 6.54 Å². The molecule has 0 saturated carbocycles. The molecule has 1 aromatic rings. The number of carbonyl (C=O) groups excluding carboxylic acids is 1. The summed E-state index contributed by atoms with van der Waals surface area (Å²) in [7, 11) is 1.63. The molecule has 0 radical (unpaired) electrons. The molecule has 1 atom stereocenters. The maximum Gasteiger partial charge on any atom is 0.322 e. The van der Waals surface area contributed by atoms with Crippen LogP contribution in [0.5, 0.6) is 5.75 Å². The van der Waals surface area contributed by atoms with Crippen LogP contribution in [0.1, 0.15) is 19.8 Å². The van der Waals surface area contributed by atoms with Crippen LogP contribution in [0, 0.1) is 0 Å². The average molecular weight is 277 g/mol. The van der Waals surface area contributed by atoms with Gasteiger partial charge in [-0.1, -0.05) is 0 Å². The van der Waals surface area contributed by atoms with Gasteiger partial charge in [-0.15, -0.1) is 0 Å². The lowest BCUT2D eigenvalue weighted by Crippen LogP contribution is -2.50. The number of methoxy groups -OCH3 is 1. The quantitative estimate of drug-likeness (QED) is 0.888. The number of hydrogen-bond acceptors (Lipinski definition) is 3. The van der Waals surface area contributed by atoms with Crippen LogP contribution >= 0.6 is 0 Å². The lowest BCUT2D eigenvalue weighted by molar-refractivity contribution is 0.177. The third-order valence-electron chi connectivity index (χ3n) is 3.65. The standard InChI is InChI=1S/C15H23N3O2/c1-3-18(13-5-4-10-16-11-13)15(19)17-12-6-8-14(20-2)9-7-12/h6-9,13,16H,3-5,10-11H2,1-2H3,(H,17,19). The van der Waals surface area contributed by atoms with Gasteiger partial charge in [0.25, 0.3) is 0 Å². The first kappa shape index (κ1) is 14.7. The first-order valence-electron chi connectivity index (χ1n) is 7.17. The largest absolute Gasteiger partial charge is 0.497 e. The van der Waals surface area contributed by atoms with Gasteiger partial charge in [0, 0.05) is 24.8 Å². The van der Waals surface area contributed by atoms with Gasteiger partial charge in [-0.05, 0) is 50.6 Å². The van der Waals surface area contributed by atoms with E-state index in [1.807, 2.05) is 36.1 Å². The minimum atomic E-state index is -0.0358. The zero-order valence-corrected chi connectivity index (χ0v) is 12.2. The van der Waals surface area contributed by atoms with Crippen LogP contribution in [0.15, 0.2) is 24.3 Å². The molecule has 1 aliphatic heterocycles.